The van der Waals surface area contributed by atoms with Crippen LogP contribution in [-0.2, 0) is 11.2 Å². The maximum atomic E-state index is 11.8. The van der Waals surface area contributed by atoms with Crippen molar-refractivity contribution in [3.8, 4) is 0 Å². The van der Waals surface area contributed by atoms with Crippen LogP contribution >= 0.6 is 11.3 Å². The highest BCUT2D eigenvalue weighted by Crippen LogP contribution is 2.26. The van der Waals surface area contributed by atoms with Gasteiger partial charge in [0.15, 0.2) is 0 Å². The van der Waals surface area contributed by atoms with Crippen LogP contribution in [0.1, 0.15) is 45.1 Å². The van der Waals surface area contributed by atoms with E-state index in [-0.39, 0.29) is 5.41 Å². The number of rotatable bonds is 8. The van der Waals surface area contributed by atoms with Gasteiger partial charge in [0.25, 0.3) is 0 Å². The zero-order valence-electron chi connectivity index (χ0n) is 10.9. The second kappa shape index (κ2) is 6.92. The third kappa shape index (κ3) is 5.99. The molecule has 0 amide bonds. The van der Waals surface area contributed by atoms with Gasteiger partial charge in [-0.1, -0.05) is 13.8 Å². The summed E-state index contributed by atoms with van der Waals surface area (Å²) in [5.74, 6) is 0.376. The Morgan fingerprint density at radius 1 is 1.35 bits per heavy atom. The van der Waals surface area contributed by atoms with Crippen molar-refractivity contribution in [1.82, 2.24) is 0 Å². The first kappa shape index (κ1) is 14.4. The van der Waals surface area contributed by atoms with Crippen LogP contribution in [0.4, 0.5) is 0 Å². The number of aryl methyl sites for hydroxylation is 1. The summed E-state index contributed by atoms with van der Waals surface area (Å²) in [5.41, 5.74) is 7.04. The largest absolute Gasteiger partial charge is 0.330 e. The maximum Gasteiger partial charge on any atom is 0.133 e. The van der Waals surface area contributed by atoms with E-state index >= 15 is 0 Å². The number of Topliss-reactive ketones (excluding diaryl/α,β-unsaturated/α-hetero) is 1. The molecule has 0 fully saturated rings. The molecule has 0 atom stereocenters. The molecule has 0 radical (unpaired) electrons. The first-order chi connectivity index (χ1) is 8.03. The molecule has 17 heavy (non-hydrogen) atoms. The Labute approximate surface area is 108 Å². The highest BCUT2D eigenvalue weighted by Gasteiger charge is 2.18. The molecule has 1 rings (SSSR count). The molecular weight excluding hydrogens is 230 g/mol. The first-order valence-electron chi connectivity index (χ1n) is 6.26. The molecule has 1 aromatic rings. The number of thiophene rings is 1. The number of carbonyl (C=O) groups excluding carboxylic acids is 1. The van der Waals surface area contributed by atoms with Crippen LogP contribution in [0.25, 0.3) is 0 Å². The molecule has 3 heteroatoms. The van der Waals surface area contributed by atoms with Crippen molar-refractivity contribution in [2.45, 2.75) is 46.0 Å². The molecule has 0 spiro atoms. The quantitative estimate of drug-likeness (QED) is 0.771. The summed E-state index contributed by atoms with van der Waals surface area (Å²) in [6.07, 6.45) is 4.20. The van der Waals surface area contributed by atoms with E-state index in [1.807, 2.05) is 0 Å². The Hall–Kier alpha value is -0.670. The molecule has 2 nitrogen and oxygen atoms in total. The molecule has 0 bridgehead atoms. The highest BCUT2D eigenvalue weighted by atomic mass is 32.1. The smallest absolute Gasteiger partial charge is 0.133 e. The zero-order chi connectivity index (χ0) is 12.7. The number of nitrogens with two attached hydrogens (primary N) is 1. The van der Waals surface area contributed by atoms with E-state index < -0.39 is 0 Å². The van der Waals surface area contributed by atoms with Crippen LogP contribution in [0.2, 0.25) is 0 Å². The number of ketones is 1. The second-order valence-corrected chi connectivity index (χ2v) is 6.15. The van der Waals surface area contributed by atoms with Gasteiger partial charge in [-0.25, -0.2) is 0 Å². The average molecular weight is 253 g/mol. The van der Waals surface area contributed by atoms with E-state index in [2.05, 4.69) is 30.7 Å². The Bertz CT molecular complexity index is 330. The topological polar surface area (TPSA) is 43.1 Å². The van der Waals surface area contributed by atoms with E-state index in [1.54, 1.807) is 11.3 Å². The standard InChI is InChI=1S/C14H23NOS/c1-14(2,8-9-15)7-5-13(16)4-3-12-6-10-17-11-12/h6,10-11H,3-5,7-9,15H2,1-2H3. The summed E-state index contributed by atoms with van der Waals surface area (Å²) < 4.78 is 0. The van der Waals surface area contributed by atoms with Crippen molar-refractivity contribution in [1.29, 1.82) is 0 Å². The lowest BCUT2D eigenvalue weighted by Gasteiger charge is -2.23. The van der Waals surface area contributed by atoms with Gasteiger partial charge >= 0.3 is 0 Å². The summed E-state index contributed by atoms with van der Waals surface area (Å²) in [4.78, 5) is 11.8. The van der Waals surface area contributed by atoms with Gasteiger partial charge in [-0.15, -0.1) is 0 Å². The molecule has 1 aromatic heterocycles. The van der Waals surface area contributed by atoms with Crippen LogP contribution in [0.5, 0.6) is 0 Å². The van der Waals surface area contributed by atoms with Gasteiger partial charge in [0.1, 0.15) is 5.78 Å². The van der Waals surface area contributed by atoms with Gasteiger partial charge in [-0.05, 0) is 53.6 Å². The summed E-state index contributed by atoms with van der Waals surface area (Å²) >= 11 is 1.69. The number of carbonyl (C=O) groups is 1. The van der Waals surface area contributed by atoms with E-state index in [1.165, 1.54) is 5.56 Å². The minimum atomic E-state index is 0.201. The van der Waals surface area contributed by atoms with E-state index in [9.17, 15) is 4.79 Å². The van der Waals surface area contributed by atoms with Crippen LogP contribution in [0, 0.1) is 5.41 Å². The fraction of sp³-hybridized carbons (Fsp3) is 0.643. The van der Waals surface area contributed by atoms with E-state index in [4.69, 9.17) is 5.73 Å². The molecule has 0 saturated heterocycles. The molecule has 0 aromatic carbocycles. The molecule has 2 N–H and O–H groups in total. The molecule has 1 heterocycles. The molecule has 0 aliphatic heterocycles. The Balaban J connectivity index is 2.21. The number of hydrogen-bond donors (Lipinski definition) is 1. The highest BCUT2D eigenvalue weighted by molar-refractivity contribution is 7.07. The minimum Gasteiger partial charge on any atom is -0.330 e. The van der Waals surface area contributed by atoms with Crippen molar-refractivity contribution < 1.29 is 4.79 Å². The number of hydrogen-bond acceptors (Lipinski definition) is 3. The SMILES string of the molecule is CC(C)(CCN)CCC(=O)CCc1ccsc1. The molecule has 0 aliphatic rings. The average Bonchev–Trinajstić information content (AvgIpc) is 2.76. The first-order valence-corrected chi connectivity index (χ1v) is 7.21. The molecule has 0 unspecified atom stereocenters. The molecule has 0 saturated carbocycles. The summed E-state index contributed by atoms with van der Waals surface area (Å²) in [5, 5.41) is 4.18. The molecule has 96 valence electrons. The fourth-order valence-corrected chi connectivity index (χ4v) is 2.54. The predicted octanol–water partition coefficient (Wildman–Crippen LogP) is 3.41. The van der Waals surface area contributed by atoms with Crippen LogP contribution in [-0.4, -0.2) is 12.3 Å². The monoisotopic (exact) mass is 253 g/mol. The van der Waals surface area contributed by atoms with Crippen molar-refractivity contribution >= 4 is 17.1 Å². The zero-order valence-corrected chi connectivity index (χ0v) is 11.7. The van der Waals surface area contributed by atoms with Gasteiger partial charge in [0.05, 0.1) is 0 Å². The van der Waals surface area contributed by atoms with Gasteiger partial charge in [0, 0.05) is 12.8 Å². The van der Waals surface area contributed by atoms with Gasteiger partial charge in [0.2, 0.25) is 0 Å². The third-order valence-corrected chi connectivity index (χ3v) is 3.91. The fourth-order valence-electron chi connectivity index (χ4n) is 1.84. The minimum absolute atomic E-state index is 0.201. The summed E-state index contributed by atoms with van der Waals surface area (Å²) in [7, 11) is 0. The molecular formula is C14H23NOS. The lowest BCUT2D eigenvalue weighted by atomic mass is 9.83. The third-order valence-electron chi connectivity index (χ3n) is 3.17. The second-order valence-electron chi connectivity index (χ2n) is 5.37. The summed E-state index contributed by atoms with van der Waals surface area (Å²) in [6.45, 7) is 5.08. The predicted molar refractivity (Wildman–Crippen MR) is 74.3 cm³/mol. The van der Waals surface area contributed by atoms with Gasteiger partial charge in [-0.3, -0.25) is 4.79 Å². The maximum absolute atomic E-state index is 11.8. The van der Waals surface area contributed by atoms with Crippen molar-refractivity contribution in [2.24, 2.45) is 11.1 Å². The van der Waals surface area contributed by atoms with Gasteiger partial charge < -0.3 is 5.73 Å². The van der Waals surface area contributed by atoms with Crippen LogP contribution in [0.15, 0.2) is 16.8 Å². The lowest BCUT2D eigenvalue weighted by molar-refractivity contribution is -0.119. The van der Waals surface area contributed by atoms with E-state index in [0.717, 1.165) is 19.3 Å². The normalized spacial score (nSPS) is 11.7. The molecule has 0 aliphatic carbocycles. The lowest BCUT2D eigenvalue weighted by Crippen LogP contribution is -2.18. The van der Waals surface area contributed by atoms with Crippen LogP contribution < -0.4 is 5.73 Å². The van der Waals surface area contributed by atoms with E-state index in [0.29, 0.717) is 25.2 Å². The Kier molecular flexibility index (Phi) is 5.86. The summed E-state index contributed by atoms with van der Waals surface area (Å²) in [6, 6.07) is 2.09. The van der Waals surface area contributed by atoms with Gasteiger partial charge in [-0.2, -0.15) is 11.3 Å². The van der Waals surface area contributed by atoms with Crippen molar-refractivity contribution in [3.63, 3.8) is 0 Å². The van der Waals surface area contributed by atoms with Crippen molar-refractivity contribution in [2.75, 3.05) is 6.54 Å². The Morgan fingerprint density at radius 3 is 2.71 bits per heavy atom. The van der Waals surface area contributed by atoms with Crippen LogP contribution in [0.3, 0.4) is 0 Å². The van der Waals surface area contributed by atoms with Crippen molar-refractivity contribution in [3.05, 3.63) is 22.4 Å². The Morgan fingerprint density at radius 2 is 2.12 bits per heavy atom.